The van der Waals surface area contributed by atoms with Crippen LogP contribution in [0.3, 0.4) is 0 Å². The summed E-state index contributed by atoms with van der Waals surface area (Å²) in [4.78, 5) is 11.9. The van der Waals surface area contributed by atoms with Crippen molar-refractivity contribution in [1.29, 1.82) is 0 Å². The quantitative estimate of drug-likeness (QED) is 0.784. The van der Waals surface area contributed by atoms with Gasteiger partial charge in [-0.2, -0.15) is 0 Å². The Labute approximate surface area is 140 Å². The molecule has 1 aliphatic carbocycles. The van der Waals surface area contributed by atoms with E-state index in [1.807, 2.05) is 0 Å². The fraction of sp³-hybridized carbons (Fsp3) is 0.529. The van der Waals surface area contributed by atoms with Crippen LogP contribution in [0.2, 0.25) is 0 Å². The molecular formula is C17H22N4O3. The van der Waals surface area contributed by atoms with Crippen LogP contribution in [0, 0.1) is 6.92 Å². The average molecular weight is 330 g/mol. The van der Waals surface area contributed by atoms with Gasteiger partial charge in [0.15, 0.2) is 5.69 Å². The maximum absolute atomic E-state index is 11.9. The number of rotatable bonds is 7. The Morgan fingerprint density at radius 2 is 2.21 bits per heavy atom. The number of hydrogen-bond donors (Lipinski definition) is 1. The molecule has 0 bridgehead atoms. The number of carbonyl (C=O) groups is 1. The monoisotopic (exact) mass is 330 g/mol. The lowest BCUT2D eigenvalue weighted by atomic mass is 9.97. The highest BCUT2D eigenvalue weighted by molar-refractivity contribution is 5.76. The molecule has 0 saturated carbocycles. The molecule has 24 heavy (non-hydrogen) atoms. The van der Waals surface area contributed by atoms with E-state index in [-0.39, 0.29) is 5.91 Å². The molecule has 3 rings (SSSR count). The number of carbonyl (C=O) groups excluding carboxylic acids is 1. The Hall–Kier alpha value is -2.44. The second-order valence-electron chi connectivity index (χ2n) is 6.03. The fourth-order valence-corrected chi connectivity index (χ4v) is 2.73. The van der Waals surface area contributed by atoms with Crippen molar-refractivity contribution in [3.8, 4) is 11.6 Å². The van der Waals surface area contributed by atoms with E-state index in [0.29, 0.717) is 42.6 Å². The van der Waals surface area contributed by atoms with Crippen molar-refractivity contribution < 1.29 is 13.7 Å². The Balaban J connectivity index is 1.40. The van der Waals surface area contributed by atoms with E-state index in [1.165, 1.54) is 31.3 Å². The molecule has 2 aromatic rings. The van der Waals surface area contributed by atoms with E-state index < -0.39 is 0 Å². The van der Waals surface area contributed by atoms with Gasteiger partial charge in [-0.25, -0.2) is 0 Å². The first kappa shape index (κ1) is 16.4. The van der Waals surface area contributed by atoms with Crippen LogP contribution in [0.5, 0.6) is 0 Å². The second-order valence-corrected chi connectivity index (χ2v) is 6.03. The van der Waals surface area contributed by atoms with Crippen LogP contribution >= 0.6 is 0 Å². The normalized spacial score (nSPS) is 14.5. The van der Waals surface area contributed by atoms with Gasteiger partial charge in [0.2, 0.25) is 11.8 Å². The Bertz CT molecular complexity index is 717. The summed E-state index contributed by atoms with van der Waals surface area (Å²) in [6.07, 6.45) is 8.90. The molecule has 0 aliphatic heterocycles. The predicted molar refractivity (Wildman–Crippen MR) is 87.0 cm³/mol. The van der Waals surface area contributed by atoms with Gasteiger partial charge in [0, 0.05) is 25.5 Å². The van der Waals surface area contributed by atoms with Crippen LogP contribution < -0.4 is 5.32 Å². The van der Waals surface area contributed by atoms with Crippen molar-refractivity contribution in [2.24, 2.45) is 0 Å². The van der Waals surface area contributed by atoms with Gasteiger partial charge < -0.3 is 14.3 Å². The van der Waals surface area contributed by atoms with E-state index >= 15 is 0 Å². The fourth-order valence-electron chi connectivity index (χ4n) is 2.73. The zero-order valence-electron chi connectivity index (χ0n) is 13.9. The number of amides is 1. The number of aromatic nitrogens is 3. The molecule has 7 nitrogen and oxygen atoms in total. The summed E-state index contributed by atoms with van der Waals surface area (Å²) in [5.41, 5.74) is 1.97. The molecule has 7 heteroatoms. The van der Waals surface area contributed by atoms with Crippen LogP contribution in [0.1, 0.15) is 50.2 Å². The topological polar surface area (TPSA) is 94.1 Å². The third-order valence-electron chi connectivity index (χ3n) is 4.03. The Morgan fingerprint density at radius 3 is 2.96 bits per heavy atom. The van der Waals surface area contributed by atoms with Crippen molar-refractivity contribution in [3.63, 3.8) is 0 Å². The summed E-state index contributed by atoms with van der Waals surface area (Å²) in [6, 6.07) is 1.73. The molecule has 2 aromatic heterocycles. The molecule has 0 fully saturated rings. The summed E-state index contributed by atoms with van der Waals surface area (Å²) < 4.78 is 10.5. The minimum absolute atomic E-state index is 0.00319. The third-order valence-corrected chi connectivity index (χ3v) is 4.03. The Kier molecular flexibility index (Phi) is 5.40. The highest BCUT2D eigenvalue weighted by Crippen LogP contribution is 2.19. The van der Waals surface area contributed by atoms with Crippen LogP contribution in [-0.4, -0.2) is 27.8 Å². The van der Waals surface area contributed by atoms with Crippen molar-refractivity contribution in [3.05, 3.63) is 29.4 Å². The molecule has 128 valence electrons. The standard InChI is InChI=1S/C17H22N4O3/c1-12-11-14(21-24-12)17-20-19-16(23-17)8-7-15(22)18-10-9-13-5-3-2-4-6-13/h5,11H,2-4,6-10H2,1H3,(H,18,22). The lowest BCUT2D eigenvalue weighted by Crippen LogP contribution is -2.25. The first-order chi connectivity index (χ1) is 11.7. The van der Waals surface area contributed by atoms with E-state index in [2.05, 4.69) is 26.7 Å². The molecule has 0 radical (unpaired) electrons. The van der Waals surface area contributed by atoms with E-state index in [1.54, 1.807) is 13.0 Å². The van der Waals surface area contributed by atoms with Crippen molar-refractivity contribution in [2.45, 2.75) is 51.9 Å². The number of nitrogens with zero attached hydrogens (tertiary/aromatic N) is 3. The number of allylic oxidation sites excluding steroid dienone is 1. The van der Waals surface area contributed by atoms with Crippen LogP contribution in [0.15, 0.2) is 26.7 Å². The van der Waals surface area contributed by atoms with Crippen molar-refractivity contribution >= 4 is 5.91 Å². The zero-order chi connectivity index (χ0) is 16.8. The molecule has 2 heterocycles. The predicted octanol–water partition coefficient (Wildman–Crippen LogP) is 2.97. The van der Waals surface area contributed by atoms with E-state index in [4.69, 9.17) is 8.94 Å². The molecule has 1 amide bonds. The van der Waals surface area contributed by atoms with Gasteiger partial charge in [-0.05, 0) is 39.0 Å². The summed E-state index contributed by atoms with van der Waals surface area (Å²) in [6.45, 7) is 2.49. The van der Waals surface area contributed by atoms with Crippen LogP contribution in [0.4, 0.5) is 0 Å². The maximum Gasteiger partial charge on any atom is 0.269 e. The maximum atomic E-state index is 11.9. The highest BCUT2D eigenvalue weighted by atomic mass is 16.5. The summed E-state index contributed by atoms with van der Waals surface area (Å²) in [5, 5.41) is 14.6. The summed E-state index contributed by atoms with van der Waals surface area (Å²) in [5.74, 6) is 1.42. The van der Waals surface area contributed by atoms with Crippen molar-refractivity contribution in [2.75, 3.05) is 6.54 Å². The smallest absolute Gasteiger partial charge is 0.269 e. The molecule has 0 unspecified atom stereocenters. The largest absolute Gasteiger partial charge is 0.419 e. The van der Waals surface area contributed by atoms with Gasteiger partial charge >= 0.3 is 0 Å². The van der Waals surface area contributed by atoms with Crippen molar-refractivity contribution in [1.82, 2.24) is 20.7 Å². The molecule has 0 aromatic carbocycles. The number of aryl methyl sites for hydroxylation is 2. The van der Waals surface area contributed by atoms with Gasteiger partial charge in [-0.1, -0.05) is 16.8 Å². The highest BCUT2D eigenvalue weighted by Gasteiger charge is 2.13. The molecule has 1 N–H and O–H groups in total. The lowest BCUT2D eigenvalue weighted by molar-refractivity contribution is -0.121. The van der Waals surface area contributed by atoms with Gasteiger partial charge in [-0.15, -0.1) is 10.2 Å². The molecule has 1 aliphatic rings. The number of nitrogens with one attached hydrogen (secondary N) is 1. The van der Waals surface area contributed by atoms with Gasteiger partial charge in [0.25, 0.3) is 5.89 Å². The zero-order valence-corrected chi connectivity index (χ0v) is 13.9. The van der Waals surface area contributed by atoms with E-state index in [0.717, 1.165) is 6.42 Å². The summed E-state index contributed by atoms with van der Waals surface area (Å²) >= 11 is 0. The number of hydrogen-bond acceptors (Lipinski definition) is 6. The first-order valence-electron chi connectivity index (χ1n) is 8.41. The van der Waals surface area contributed by atoms with Gasteiger partial charge in [0.05, 0.1) is 0 Å². The molecule has 0 atom stereocenters. The van der Waals surface area contributed by atoms with Crippen LogP contribution in [-0.2, 0) is 11.2 Å². The van der Waals surface area contributed by atoms with Gasteiger partial charge in [0.1, 0.15) is 5.76 Å². The summed E-state index contributed by atoms with van der Waals surface area (Å²) in [7, 11) is 0. The Morgan fingerprint density at radius 1 is 1.29 bits per heavy atom. The SMILES string of the molecule is Cc1cc(-c2nnc(CCC(=O)NCCC3=CCCCC3)o2)no1. The molecule has 0 saturated heterocycles. The minimum Gasteiger partial charge on any atom is -0.419 e. The van der Waals surface area contributed by atoms with Gasteiger partial charge in [-0.3, -0.25) is 4.79 Å². The average Bonchev–Trinajstić information content (AvgIpc) is 3.23. The third kappa shape index (κ3) is 4.53. The minimum atomic E-state index is 0.00319. The first-order valence-corrected chi connectivity index (χ1v) is 8.41. The molecule has 0 spiro atoms. The lowest BCUT2D eigenvalue weighted by Gasteiger charge is -2.12. The van der Waals surface area contributed by atoms with Crippen LogP contribution in [0.25, 0.3) is 11.6 Å². The second kappa shape index (κ2) is 7.90. The van der Waals surface area contributed by atoms with E-state index in [9.17, 15) is 4.79 Å². The molecular weight excluding hydrogens is 308 g/mol.